The molecule has 32 heavy (non-hydrogen) atoms. The Labute approximate surface area is 184 Å². The summed E-state index contributed by atoms with van der Waals surface area (Å²) in [6.07, 6.45) is 0. The average molecular weight is 427 g/mol. The highest BCUT2D eigenvalue weighted by Crippen LogP contribution is 2.42. The van der Waals surface area contributed by atoms with Crippen molar-refractivity contribution < 1.29 is 13.6 Å². The second kappa shape index (κ2) is 7.16. The molecule has 5 heteroatoms. The van der Waals surface area contributed by atoms with Crippen LogP contribution in [0.1, 0.15) is 50.0 Å². The van der Waals surface area contributed by atoms with Crippen LogP contribution < -0.4 is 10.3 Å². The van der Waals surface area contributed by atoms with Crippen LogP contribution in [0.2, 0.25) is 0 Å². The van der Waals surface area contributed by atoms with Crippen LogP contribution in [-0.4, -0.2) is 5.91 Å². The standard InChI is InChI=1S/C27H22FNO3/c1-14-9-10-18(11-15(14)2)29-24(19-7-5-6-8-21(19)28)23-25(30)20-12-16(3)17(4)13-22(20)32-26(23)27(29)31/h5-13,24H,1-4H3. The molecule has 0 radical (unpaired) electrons. The Bertz CT molecular complexity index is 1480. The number of hydrogen-bond donors (Lipinski definition) is 0. The molecule has 1 unspecified atom stereocenters. The van der Waals surface area contributed by atoms with Crippen LogP contribution in [0.3, 0.4) is 0 Å². The van der Waals surface area contributed by atoms with Crippen molar-refractivity contribution in [2.24, 2.45) is 0 Å². The molecule has 3 aromatic carbocycles. The van der Waals surface area contributed by atoms with Crippen molar-refractivity contribution in [2.45, 2.75) is 33.7 Å². The van der Waals surface area contributed by atoms with E-state index < -0.39 is 17.8 Å². The summed E-state index contributed by atoms with van der Waals surface area (Å²) < 4.78 is 21.0. The summed E-state index contributed by atoms with van der Waals surface area (Å²) in [5, 5.41) is 0.392. The molecule has 0 fully saturated rings. The third kappa shape index (κ3) is 2.88. The monoisotopic (exact) mass is 427 g/mol. The molecule has 160 valence electrons. The number of fused-ring (bicyclic) bond motifs is 2. The van der Waals surface area contributed by atoms with Crippen molar-refractivity contribution in [3.63, 3.8) is 0 Å². The van der Waals surface area contributed by atoms with Crippen LogP contribution in [0.25, 0.3) is 11.0 Å². The van der Waals surface area contributed by atoms with Gasteiger partial charge in [0.25, 0.3) is 5.91 Å². The first kappa shape index (κ1) is 20.2. The highest BCUT2D eigenvalue weighted by Gasteiger charge is 2.44. The van der Waals surface area contributed by atoms with E-state index in [9.17, 15) is 14.0 Å². The lowest BCUT2D eigenvalue weighted by Crippen LogP contribution is -2.30. The summed E-state index contributed by atoms with van der Waals surface area (Å²) >= 11 is 0. The topological polar surface area (TPSA) is 50.5 Å². The number of benzene rings is 3. The molecule has 1 aliphatic rings. The zero-order chi connectivity index (χ0) is 22.7. The highest BCUT2D eigenvalue weighted by atomic mass is 19.1. The first-order chi connectivity index (χ1) is 15.3. The van der Waals surface area contributed by atoms with Crippen molar-refractivity contribution in [1.29, 1.82) is 0 Å². The van der Waals surface area contributed by atoms with Crippen LogP contribution in [0.5, 0.6) is 0 Å². The number of amides is 1. The van der Waals surface area contributed by atoms with E-state index in [1.165, 1.54) is 11.0 Å². The molecule has 0 saturated carbocycles. The summed E-state index contributed by atoms with van der Waals surface area (Å²) in [6, 6.07) is 14.5. The van der Waals surface area contributed by atoms with E-state index in [0.717, 1.165) is 22.3 Å². The molecule has 1 aromatic heterocycles. The van der Waals surface area contributed by atoms with Crippen LogP contribution in [-0.2, 0) is 0 Å². The fourth-order valence-electron chi connectivity index (χ4n) is 4.36. The summed E-state index contributed by atoms with van der Waals surface area (Å²) in [5.41, 5.74) is 5.05. The minimum atomic E-state index is -0.914. The van der Waals surface area contributed by atoms with Crippen molar-refractivity contribution in [3.05, 3.63) is 110 Å². The Balaban J connectivity index is 1.85. The maximum absolute atomic E-state index is 15.0. The normalized spacial score (nSPS) is 15.5. The van der Waals surface area contributed by atoms with Crippen LogP contribution in [0.4, 0.5) is 10.1 Å². The van der Waals surface area contributed by atoms with Gasteiger partial charge in [0.1, 0.15) is 11.4 Å². The molecule has 0 bridgehead atoms. The molecule has 5 rings (SSSR count). The van der Waals surface area contributed by atoms with E-state index in [-0.39, 0.29) is 22.3 Å². The number of halogens is 1. The molecule has 1 atom stereocenters. The van der Waals surface area contributed by atoms with E-state index in [1.807, 2.05) is 45.9 Å². The van der Waals surface area contributed by atoms with Gasteiger partial charge in [-0.25, -0.2) is 4.39 Å². The SMILES string of the molecule is Cc1ccc(N2C(=O)c3oc4cc(C)c(C)cc4c(=O)c3C2c2ccccc2F)cc1C. The van der Waals surface area contributed by atoms with Crippen LogP contribution in [0.15, 0.2) is 63.8 Å². The van der Waals surface area contributed by atoms with Gasteiger partial charge >= 0.3 is 0 Å². The Morgan fingerprint density at radius 2 is 1.53 bits per heavy atom. The molecule has 0 saturated heterocycles. The zero-order valence-corrected chi connectivity index (χ0v) is 18.3. The van der Waals surface area contributed by atoms with Gasteiger partial charge in [0.15, 0.2) is 5.43 Å². The number of hydrogen-bond acceptors (Lipinski definition) is 3. The van der Waals surface area contributed by atoms with Gasteiger partial charge in [0.2, 0.25) is 5.76 Å². The van der Waals surface area contributed by atoms with E-state index in [4.69, 9.17) is 4.42 Å². The van der Waals surface area contributed by atoms with E-state index >= 15 is 0 Å². The average Bonchev–Trinajstić information content (AvgIpc) is 3.04. The van der Waals surface area contributed by atoms with Crippen LogP contribution in [0, 0.1) is 33.5 Å². The second-order valence-electron chi connectivity index (χ2n) is 8.47. The Morgan fingerprint density at radius 1 is 0.844 bits per heavy atom. The summed E-state index contributed by atoms with van der Waals surface area (Å²) in [7, 11) is 0. The Hall–Kier alpha value is -3.73. The van der Waals surface area contributed by atoms with Crippen LogP contribution >= 0.6 is 0 Å². The first-order valence-electron chi connectivity index (χ1n) is 10.5. The smallest absolute Gasteiger partial charge is 0.295 e. The number of anilines is 1. The molecular weight excluding hydrogens is 405 g/mol. The van der Waals surface area contributed by atoms with E-state index in [2.05, 4.69) is 0 Å². The maximum atomic E-state index is 15.0. The van der Waals surface area contributed by atoms with Gasteiger partial charge in [-0.1, -0.05) is 24.3 Å². The summed E-state index contributed by atoms with van der Waals surface area (Å²) in [4.78, 5) is 28.7. The fraction of sp³-hybridized carbons (Fsp3) is 0.185. The van der Waals surface area contributed by atoms with Gasteiger partial charge in [0, 0.05) is 11.3 Å². The zero-order valence-electron chi connectivity index (χ0n) is 18.3. The van der Waals surface area contributed by atoms with Crippen molar-refractivity contribution >= 4 is 22.6 Å². The third-order valence-corrected chi connectivity index (χ3v) is 6.45. The molecule has 1 amide bonds. The van der Waals surface area contributed by atoms with E-state index in [0.29, 0.717) is 16.7 Å². The molecule has 0 spiro atoms. The number of nitrogens with zero attached hydrogens (tertiary/aromatic N) is 1. The largest absolute Gasteiger partial charge is 0.450 e. The molecule has 4 aromatic rings. The lowest BCUT2D eigenvalue weighted by Gasteiger charge is -2.26. The molecule has 1 aliphatic heterocycles. The molecule has 0 aliphatic carbocycles. The van der Waals surface area contributed by atoms with Gasteiger partial charge in [0.05, 0.1) is 17.0 Å². The van der Waals surface area contributed by atoms with Gasteiger partial charge in [-0.3, -0.25) is 14.5 Å². The Morgan fingerprint density at radius 3 is 2.25 bits per heavy atom. The number of aryl methyl sites for hydroxylation is 4. The number of carbonyl (C=O) groups excluding carboxylic acids is 1. The van der Waals surface area contributed by atoms with Gasteiger partial charge in [-0.15, -0.1) is 0 Å². The second-order valence-corrected chi connectivity index (χ2v) is 8.47. The molecule has 0 N–H and O–H groups in total. The first-order valence-corrected chi connectivity index (χ1v) is 10.5. The van der Waals surface area contributed by atoms with E-state index in [1.54, 1.807) is 30.3 Å². The number of rotatable bonds is 2. The minimum Gasteiger partial charge on any atom is -0.450 e. The van der Waals surface area contributed by atoms with Gasteiger partial charge in [-0.05, 0) is 80.3 Å². The third-order valence-electron chi connectivity index (χ3n) is 6.45. The summed E-state index contributed by atoms with van der Waals surface area (Å²) in [5.74, 6) is -0.961. The van der Waals surface area contributed by atoms with Crippen molar-refractivity contribution in [1.82, 2.24) is 0 Å². The predicted octanol–water partition coefficient (Wildman–Crippen LogP) is 5.92. The maximum Gasteiger partial charge on any atom is 0.295 e. The quantitative estimate of drug-likeness (QED) is 0.399. The van der Waals surface area contributed by atoms with Crippen molar-refractivity contribution in [2.75, 3.05) is 4.90 Å². The predicted molar refractivity (Wildman–Crippen MR) is 123 cm³/mol. The van der Waals surface area contributed by atoms with Crippen molar-refractivity contribution in [3.8, 4) is 0 Å². The molecule has 2 heterocycles. The fourth-order valence-corrected chi connectivity index (χ4v) is 4.36. The lowest BCUT2D eigenvalue weighted by atomic mass is 9.96. The molecule has 4 nitrogen and oxygen atoms in total. The lowest BCUT2D eigenvalue weighted by molar-refractivity contribution is 0.0971. The van der Waals surface area contributed by atoms with Gasteiger partial charge < -0.3 is 4.42 Å². The minimum absolute atomic E-state index is 0.0303. The highest BCUT2D eigenvalue weighted by molar-refractivity contribution is 6.10. The number of carbonyl (C=O) groups is 1. The Kier molecular flexibility index (Phi) is 4.52. The molecular formula is C27H22FNO3. The summed E-state index contributed by atoms with van der Waals surface area (Å²) in [6.45, 7) is 7.78. The van der Waals surface area contributed by atoms with Gasteiger partial charge in [-0.2, -0.15) is 0 Å².